The van der Waals surface area contributed by atoms with Crippen molar-refractivity contribution in [3.8, 4) is 0 Å². The van der Waals surface area contributed by atoms with E-state index in [1.54, 1.807) is 24.3 Å². The molecule has 1 heterocycles. The summed E-state index contributed by atoms with van der Waals surface area (Å²) in [7, 11) is 0. The van der Waals surface area contributed by atoms with Gasteiger partial charge in [-0.3, -0.25) is 9.89 Å². The Balaban J connectivity index is 1.77. The van der Waals surface area contributed by atoms with E-state index in [0.29, 0.717) is 17.1 Å². The summed E-state index contributed by atoms with van der Waals surface area (Å²) in [6.07, 6.45) is 1.40. The van der Waals surface area contributed by atoms with E-state index in [9.17, 15) is 9.59 Å². The molecule has 3 rings (SSSR count). The average Bonchev–Trinajstić information content (AvgIpc) is 3.20. The van der Waals surface area contributed by atoms with Crippen molar-refractivity contribution in [3.05, 3.63) is 77.9 Å². The maximum atomic E-state index is 12.8. The van der Waals surface area contributed by atoms with Crippen LogP contribution >= 0.6 is 0 Å². The fourth-order valence-electron chi connectivity index (χ4n) is 2.69. The predicted molar refractivity (Wildman–Crippen MR) is 106 cm³/mol. The zero-order chi connectivity index (χ0) is 19.9. The lowest BCUT2D eigenvalue weighted by atomic mass is 10.1. The molecule has 0 aliphatic rings. The Morgan fingerprint density at radius 1 is 1.00 bits per heavy atom. The third-order valence-electron chi connectivity index (χ3n) is 3.92. The first-order chi connectivity index (χ1) is 13.5. The minimum Gasteiger partial charge on any atom is -0.338 e. The molecule has 0 fully saturated rings. The zero-order valence-corrected chi connectivity index (χ0v) is 15.6. The van der Waals surface area contributed by atoms with Crippen LogP contribution in [0.3, 0.4) is 0 Å². The number of aromatic amines is 1. The molecule has 8 nitrogen and oxygen atoms in total. The van der Waals surface area contributed by atoms with Gasteiger partial charge in [0.2, 0.25) is 0 Å². The second-order valence-electron chi connectivity index (χ2n) is 6.52. The molecular weight excluding hydrogens is 356 g/mol. The van der Waals surface area contributed by atoms with Crippen molar-refractivity contribution in [1.82, 2.24) is 25.8 Å². The smallest absolute Gasteiger partial charge is 0.319 e. The number of nitrogens with one attached hydrogen (secondary N) is 4. The molecule has 144 valence electrons. The lowest BCUT2D eigenvalue weighted by molar-refractivity contribution is 0.0941. The molecule has 3 amide bonds. The van der Waals surface area contributed by atoms with E-state index in [1.807, 2.05) is 44.2 Å². The van der Waals surface area contributed by atoms with Gasteiger partial charge in [0, 0.05) is 17.3 Å². The van der Waals surface area contributed by atoms with Crippen molar-refractivity contribution in [3.63, 3.8) is 0 Å². The molecule has 0 radical (unpaired) electrons. The Morgan fingerprint density at radius 3 is 2.46 bits per heavy atom. The topological polar surface area (TPSA) is 112 Å². The van der Waals surface area contributed by atoms with Crippen LogP contribution in [-0.2, 0) is 0 Å². The number of urea groups is 1. The normalized spacial score (nSPS) is 11.7. The van der Waals surface area contributed by atoms with E-state index < -0.39 is 6.04 Å². The second-order valence-corrected chi connectivity index (χ2v) is 6.52. The molecule has 0 aliphatic carbocycles. The van der Waals surface area contributed by atoms with Crippen LogP contribution in [0.1, 0.15) is 41.6 Å². The lowest BCUT2D eigenvalue weighted by Gasteiger charge is -2.17. The van der Waals surface area contributed by atoms with E-state index in [4.69, 9.17) is 0 Å². The minimum absolute atomic E-state index is 0.0139. The van der Waals surface area contributed by atoms with Gasteiger partial charge < -0.3 is 16.0 Å². The van der Waals surface area contributed by atoms with Crippen LogP contribution in [0.5, 0.6) is 0 Å². The number of rotatable bonds is 6. The highest BCUT2D eigenvalue weighted by Crippen LogP contribution is 2.19. The Bertz CT molecular complexity index is 925. The Labute approximate surface area is 162 Å². The number of hydrogen-bond acceptors (Lipinski definition) is 4. The van der Waals surface area contributed by atoms with Crippen molar-refractivity contribution < 1.29 is 9.59 Å². The van der Waals surface area contributed by atoms with E-state index in [0.717, 1.165) is 5.56 Å². The van der Waals surface area contributed by atoms with Crippen LogP contribution in [-0.4, -0.2) is 33.2 Å². The van der Waals surface area contributed by atoms with Crippen molar-refractivity contribution in [2.24, 2.45) is 0 Å². The number of carbonyl (C=O) groups excluding carboxylic acids is 2. The molecule has 0 saturated heterocycles. The maximum absolute atomic E-state index is 12.8. The summed E-state index contributed by atoms with van der Waals surface area (Å²) in [5.74, 6) is 0.239. The summed E-state index contributed by atoms with van der Waals surface area (Å²) in [6.45, 7) is 3.74. The van der Waals surface area contributed by atoms with Crippen molar-refractivity contribution in [2.75, 3.05) is 5.32 Å². The standard InChI is InChI=1S/C20H22N6O2/c1-13(2)23-20(28)24-16-10-6-9-15(11-16)19(27)25-17(18-21-12-22-26-18)14-7-4-3-5-8-14/h3-13,17H,1-2H3,(H,25,27)(H,21,22,26)(H2,23,24,28). The quantitative estimate of drug-likeness (QED) is 0.528. The third-order valence-corrected chi connectivity index (χ3v) is 3.92. The number of amides is 3. The SMILES string of the molecule is CC(C)NC(=O)Nc1cccc(C(=O)NC(c2ccccc2)c2ncn[nH]2)c1. The highest BCUT2D eigenvalue weighted by molar-refractivity contribution is 5.97. The molecule has 8 heteroatoms. The zero-order valence-electron chi connectivity index (χ0n) is 15.6. The van der Waals surface area contributed by atoms with Crippen molar-refractivity contribution in [2.45, 2.75) is 25.9 Å². The third kappa shape index (κ3) is 4.94. The first kappa shape index (κ1) is 19.1. The van der Waals surface area contributed by atoms with Gasteiger partial charge in [-0.1, -0.05) is 36.4 Å². The van der Waals surface area contributed by atoms with E-state index in [1.165, 1.54) is 6.33 Å². The molecular formula is C20H22N6O2. The summed E-state index contributed by atoms with van der Waals surface area (Å²) >= 11 is 0. The van der Waals surface area contributed by atoms with E-state index in [2.05, 4.69) is 31.1 Å². The van der Waals surface area contributed by atoms with Gasteiger partial charge in [-0.05, 0) is 37.6 Å². The fourth-order valence-corrected chi connectivity index (χ4v) is 2.69. The summed E-state index contributed by atoms with van der Waals surface area (Å²) in [6, 6.07) is 15.5. The Kier molecular flexibility index (Phi) is 6.01. The molecule has 0 saturated carbocycles. The van der Waals surface area contributed by atoms with E-state index in [-0.39, 0.29) is 18.0 Å². The number of H-pyrrole nitrogens is 1. The Morgan fingerprint density at radius 2 is 1.79 bits per heavy atom. The van der Waals surface area contributed by atoms with Crippen molar-refractivity contribution >= 4 is 17.6 Å². The summed E-state index contributed by atoms with van der Waals surface area (Å²) in [5.41, 5.74) is 1.82. The van der Waals surface area contributed by atoms with Gasteiger partial charge in [-0.25, -0.2) is 9.78 Å². The van der Waals surface area contributed by atoms with Crippen LogP contribution in [0.15, 0.2) is 60.9 Å². The first-order valence-electron chi connectivity index (χ1n) is 8.91. The molecule has 4 N–H and O–H groups in total. The predicted octanol–water partition coefficient (Wildman–Crippen LogP) is 2.85. The van der Waals surface area contributed by atoms with Gasteiger partial charge >= 0.3 is 6.03 Å². The molecule has 3 aromatic rings. The molecule has 2 aromatic carbocycles. The molecule has 1 atom stereocenters. The minimum atomic E-state index is -0.475. The van der Waals surface area contributed by atoms with Gasteiger partial charge in [0.15, 0.2) is 5.82 Å². The maximum Gasteiger partial charge on any atom is 0.319 e. The van der Waals surface area contributed by atoms with Crippen LogP contribution < -0.4 is 16.0 Å². The molecule has 0 spiro atoms. The second kappa shape index (κ2) is 8.81. The van der Waals surface area contributed by atoms with Crippen LogP contribution in [0, 0.1) is 0 Å². The monoisotopic (exact) mass is 378 g/mol. The number of nitrogens with zero attached hydrogens (tertiary/aromatic N) is 2. The molecule has 0 bridgehead atoms. The van der Waals surface area contributed by atoms with Gasteiger partial charge in [0.05, 0.1) is 0 Å². The summed E-state index contributed by atoms with van der Waals surface area (Å²) < 4.78 is 0. The van der Waals surface area contributed by atoms with Gasteiger partial charge in [-0.15, -0.1) is 0 Å². The lowest BCUT2D eigenvalue weighted by Crippen LogP contribution is -2.34. The highest BCUT2D eigenvalue weighted by Gasteiger charge is 2.20. The van der Waals surface area contributed by atoms with Crippen LogP contribution in [0.25, 0.3) is 0 Å². The number of anilines is 1. The van der Waals surface area contributed by atoms with Crippen molar-refractivity contribution in [1.29, 1.82) is 0 Å². The van der Waals surface area contributed by atoms with Gasteiger partial charge in [0.25, 0.3) is 5.91 Å². The van der Waals surface area contributed by atoms with Gasteiger partial charge in [0.1, 0.15) is 12.4 Å². The first-order valence-corrected chi connectivity index (χ1v) is 8.91. The molecule has 1 aromatic heterocycles. The Hall–Kier alpha value is -3.68. The van der Waals surface area contributed by atoms with Crippen LogP contribution in [0.4, 0.5) is 10.5 Å². The highest BCUT2D eigenvalue weighted by atomic mass is 16.2. The van der Waals surface area contributed by atoms with Gasteiger partial charge in [-0.2, -0.15) is 5.10 Å². The molecule has 0 aliphatic heterocycles. The largest absolute Gasteiger partial charge is 0.338 e. The molecule has 28 heavy (non-hydrogen) atoms. The number of aromatic nitrogens is 3. The van der Waals surface area contributed by atoms with E-state index >= 15 is 0 Å². The summed E-state index contributed by atoms with van der Waals surface area (Å²) in [4.78, 5) is 28.9. The average molecular weight is 378 g/mol. The van der Waals surface area contributed by atoms with Crippen LogP contribution in [0.2, 0.25) is 0 Å². The fraction of sp³-hybridized carbons (Fsp3) is 0.200. The molecule has 1 unspecified atom stereocenters. The summed E-state index contributed by atoms with van der Waals surface area (Å²) in [5, 5.41) is 15.1. The number of carbonyl (C=O) groups is 2. The number of hydrogen-bond donors (Lipinski definition) is 4. The number of benzene rings is 2.